The number of hydrogen-bond acceptors (Lipinski definition) is 5. The van der Waals surface area contributed by atoms with Gasteiger partial charge in [-0.25, -0.2) is 4.79 Å². The van der Waals surface area contributed by atoms with E-state index in [0.717, 1.165) is 11.5 Å². The zero-order valence-corrected chi connectivity index (χ0v) is 16.1. The van der Waals surface area contributed by atoms with Gasteiger partial charge in [0, 0.05) is 39.8 Å². The van der Waals surface area contributed by atoms with Gasteiger partial charge in [-0.15, -0.1) is 0 Å². The summed E-state index contributed by atoms with van der Waals surface area (Å²) in [5.41, 5.74) is 1.55. The molecule has 2 heterocycles. The molecule has 28 heavy (non-hydrogen) atoms. The van der Waals surface area contributed by atoms with E-state index in [-0.39, 0.29) is 11.9 Å². The van der Waals surface area contributed by atoms with E-state index in [9.17, 15) is 9.59 Å². The molecule has 0 unspecified atom stereocenters. The predicted molar refractivity (Wildman–Crippen MR) is 104 cm³/mol. The topological polar surface area (TPSA) is 87.4 Å². The Morgan fingerprint density at radius 3 is 2.36 bits per heavy atom. The van der Waals surface area contributed by atoms with Gasteiger partial charge < -0.3 is 24.3 Å². The van der Waals surface area contributed by atoms with Crippen LogP contribution in [-0.4, -0.2) is 68.0 Å². The van der Waals surface area contributed by atoms with Crippen LogP contribution in [0.25, 0.3) is 0 Å². The average molecular weight is 384 g/mol. The number of carbonyl (C=O) groups excluding carboxylic acids is 2. The smallest absolute Gasteiger partial charge is 0.337 e. The van der Waals surface area contributed by atoms with Crippen LogP contribution in [0, 0.1) is 0 Å². The highest BCUT2D eigenvalue weighted by molar-refractivity contribution is 5.91. The van der Waals surface area contributed by atoms with E-state index >= 15 is 0 Å². The lowest BCUT2D eigenvalue weighted by Gasteiger charge is -2.36. The second kappa shape index (κ2) is 9.07. The molecule has 1 aliphatic heterocycles. The van der Waals surface area contributed by atoms with Crippen molar-refractivity contribution in [2.45, 2.75) is 6.54 Å². The van der Waals surface area contributed by atoms with Crippen LogP contribution in [0.1, 0.15) is 26.5 Å². The molecule has 0 spiro atoms. The summed E-state index contributed by atoms with van der Waals surface area (Å²) < 4.78 is 9.90. The Labute approximate surface area is 163 Å². The number of benzene rings is 1. The molecular formula is C20H24N4O4. The van der Waals surface area contributed by atoms with E-state index in [1.54, 1.807) is 36.2 Å². The monoisotopic (exact) mass is 384 g/mol. The maximum Gasteiger partial charge on any atom is 0.337 e. The van der Waals surface area contributed by atoms with Crippen LogP contribution in [0.5, 0.6) is 0 Å². The van der Waals surface area contributed by atoms with E-state index in [2.05, 4.69) is 15.2 Å². The van der Waals surface area contributed by atoms with Crippen molar-refractivity contribution in [1.82, 2.24) is 15.1 Å². The minimum Gasteiger partial charge on any atom is -0.465 e. The fourth-order valence-corrected chi connectivity index (χ4v) is 3.07. The van der Waals surface area contributed by atoms with E-state index in [0.29, 0.717) is 44.0 Å². The van der Waals surface area contributed by atoms with Gasteiger partial charge in [0.1, 0.15) is 0 Å². The summed E-state index contributed by atoms with van der Waals surface area (Å²) in [5, 5.41) is 3.33. The lowest BCUT2D eigenvalue weighted by atomic mass is 10.1. The van der Waals surface area contributed by atoms with E-state index in [1.165, 1.54) is 13.4 Å². The van der Waals surface area contributed by atoms with Gasteiger partial charge in [-0.3, -0.25) is 9.79 Å². The lowest BCUT2D eigenvalue weighted by Crippen LogP contribution is -2.53. The minimum absolute atomic E-state index is 0.0849. The van der Waals surface area contributed by atoms with Gasteiger partial charge in [0.25, 0.3) is 5.91 Å². The van der Waals surface area contributed by atoms with Crippen LogP contribution in [0.3, 0.4) is 0 Å². The third-order valence-corrected chi connectivity index (χ3v) is 4.64. The van der Waals surface area contributed by atoms with Crippen LogP contribution in [0.2, 0.25) is 0 Å². The van der Waals surface area contributed by atoms with Gasteiger partial charge >= 0.3 is 5.97 Å². The number of ether oxygens (including phenoxy) is 1. The highest BCUT2D eigenvalue weighted by Gasteiger charge is 2.25. The lowest BCUT2D eigenvalue weighted by molar-refractivity contribution is 0.0600. The molecule has 1 N–H and O–H groups in total. The molecule has 0 radical (unpaired) electrons. The first-order valence-electron chi connectivity index (χ1n) is 9.08. The van der Waals surface area contributed by atoms with Crippen LogP contribution in [-0.2, 0) is 11.3 Å². The summed E-state index contributed by atoms with van der Waals surface area (Å²) in [6.45, 7) is 3.17. The Bertz CT molecular complexity index is 822. The van der Waals surface area contributed by atoms with Crippen molar-refractivity contribution in [2.75, 3.05) is 40.3 Å². The number of carbonyl (C=O) groups is 2. The molecule has 8 heteroatoms. The van der Waals surface area contributed by atoms with Crippen molar-refractivity contribution >= 4 is 17.8 Å². The molecule has 2 aromatic rings. The molecule has 0 saturated carbocycles. The van der Waals surface area contributed by atoms with Gasteiger partial charge in [0.05, 0.1) is 18.9 Å². The van der Waals surface area contributed by atoms with Crippen molar-refractivity contribution in [1.29, 1.82) is 0 Å². The third kappa shape index (κ3) is 4.51. The molecule has 0 atom stereocenters. The number of rotatable bonds is 4. The van der Waals surface area contributed by atoms with Crippen molar-refractivity contribution < 1.29 is 18.7 Å². The molecule has 1 aliphatic rings. The van der Waals surface area contributed by atoms with Crippen molar-refractivity contribution in [2.24, 2.45) is 4.99 Å². The minimum atomic E-state index is -0.350. The molecular weight excluding hydrogens is 360 g/mol. The Balaban J connectivity index is 1.51. The molecule has 0 bridgehead atoms. The SMILES string of the molecule is CN=C(NCc1ccc(C(=O)OC)cc1)N1CCN(C(=O)c2ccco2)CC1. The maximum absolute atomic E-state index is 12.3. The third-order valence-electron chi connectivity index (χ3n) is 4.64. The maximum atomic E-state index is 12.3. The largest absolute Gasteiger partial charge is 0.465 e. The molecule has 1 aromatic heterocycles. The predicted octanol–water partition coefficient (Wildman–Crippen LogP) is 1.60. The number of nitrogens with zero attached hydrogens (tertiary/aromatic N) is 3. The number of aliphatic imine (C=N–C) groups is 1. The first-order valence-corrected chi connectivity index (χ1v) is 9.08. The summed E-state index contributed by atoms with van der Waals surface area (Å²) in [4.78, 5) is 32.1. The number of amides is 1. The Hall–Kier alpha value is -3.29. The number of methoxy groups -OCH3 is 1. The summed E-state index contributed by atoms with van der Waals surface area (Å²) in [7, 11) is 3.10. The van der Waals surface area contributed by atoms with Crippen LogP contribution >= 0.6 is 0 Å². The standard InChI is InChI=1S/C20H24N4O4/c1-21-20(22-14-15-5-7-16(8-6-15)19(26)27-2)24-11-9-23(10-12-24)18(25)17-4-3-13-28-17/h3-8,13H,9-12,14H2,1-2H3,(H,21,22). The van der Waals surface area contributed by atoms with E-state index in [4.69, 9.17) is 9.15 Å². The Kier molecular flexibility index (Phi) is 6.31. The second-order valence-corrected chi connectivity index (χ2v) is 6.35. The molecule has 1 amide bonds. The molecule has 1 aromatic carbocycles. The van der Waals surface area contributed by atoms with E-state index in [1.807, 2.05) is 12.1 Å². The highest BCUT2D eigenvalue weighted by atomic mass is 16.5. The number of guanidine groups is 1. The quantitative estimate of drug-likeness (QED) is 0.489. The normalized spacial score (nSPS) is 14.7. The van der Waals surface area contributed by atoms with Gasteiger partial charge in [-0.2, -0.15) is 0 Å². The zero-order chi connectivity index (χ0) is 19.9. The Morgan fingerprint density at radius 2 is 1.79 bits per heavy atom. The van der Waals surface area contributed by atoms with Crippen LogP contribution < -0.4 is 5.32 Å². The fourth-order valence-electron chi connectivity index (χ4n) is 3.07. The molecule has 0 aliphatic carbocycles. The van der Waals surface area contributed by atoms with Crippen molar-refractivity contribution in [3.8, 4) is 0 Å². The molecule has 148 valence electrons. The average Bonchev–Trinajstić information content (AvgIpc) is 3.29. The molecule has 1 saturated heterocycles. The number of nitrogens with one attached hydrogen (secondary N) is 1. The van der Waals surface area contributed by atoms with Gasteiger partial charge in [-0.05, 0) is 29.8 Å². The number of furan rings is 1. The number of piperazine rings is 1. The van der Waals surface area contributed by atoms with Crippen molar-refractivity contribution in [3.05, 3.63) is 59.5 Å². The fraction of sp³-hybridized carbons (Fsp3) is 0.350. The number of hydrogen-bond donors (Lipinski definition) is 1. The second-order valence-electron chi connectivity index (χ2n) is 6.35. The molecule has 1 fully saturated rings. The van der Waals surface area contributed by atoms with E-state index < -0.39 is 0 Å². The van der Waals surface area contributed by atoms with Crippen LogP contribution in [0.4, 0.5) is 0 Å². The highest BCUT2D eigenvalue weighted by Crippen LogP contribution is 2.10. The van der Waals surface area contributed by atoms with Gasteiger partial charge in [-0.1, -0.05) is 12.1 Å². The Morgan fingerprint density at radius 1 is 1.11 bits per heavy atom. The summed E-state index contributed by atoms with van der Waals surface area (Å²) in [6.07, 6.45) is 1.51. The first kappa shape index (κ1) is 19.5. The zero-order valence-electron chi connectivity index (χ0n) is 16.1. The van der Waals surface area contributed by atoms with Crippen molar-refractivity contribution in [3.63, 3.8) is 0 Å². The first-order chi connectivity index (χ1) is 13.6. The van der Waals surface area contributed by atoms with Gasteiger partial charge in [0.15, 0.2) is 11.7 Å². The number of esters is 1. The molecule has 3 rings (SSSR count). The summed E-state index contributed by atoms with van der Waals surface area (Å²) in [5.74, 6) is 0.712. The summed E-state index contributed by atoms with van der Waals surface area (Å²) >= 11 is 0. The van der Waals surface area contributed by atoms with Crippen LogP contribution in [0.15, 0.2) is 52.1 Å². The summed E-state index contributed by atoms with van der Waals surface area (Å²) in [6, 6.07) is 10.6. The molecule has 8 nitrogen and oxygen atoms in total. The van der Waals surface area contributed by atoms with Gasteiger partial charge in [0.2, 0.25) is 0 Å².